The minimum absolute atomic E-state index is 0.155. The number of hydrogen-bond acceptors (Lipinski definition) is 3. The molecule has 1 heterocycles. The number of rotatable bonds is 6. The Morgan fingerprint density at radius 2 is 1.94 bits per heavy atom. The van der Waals surface area contributed by atoms with Crippen molar-refractivity contribution in [2.75, 3.05) is 19.6 Å². The molecule has 18 heavy (non-hydrogen) atoms. The first-order valence-corrected chi connectivity index (χ1v) is 7.01. The van der Waals surface area contributed by atoms with Crippen molar-refractivity contribution in [1.29, 1.82) is 0 Å². The molecule has 0 radical (unpaired) electrons. The van der Waals surface area contributed by atoms with Crippen LogP contribution in [0.25, 0.3) is 0 Å². The van der Waals surface area contributed by atoms with Gasteiger partial charge in [-0.25, -0.2) is 0 Å². The molecule has 0 aliphatic carbocycles. The van der Waals surface area contributed by atoms with Gasteiger partial charge in [0, 0.05) is 6.54 Å². The van der Waals surface area contributed by atoms with Crippen LogP contribution in [-0.4, -0.2) is 25.7 Å². The second-order valence-corrected chi connectivity index (χ2v) is 5.06. The van der Waals surface area contributed by atoms with Crippen molar-refractivity contribution >= 4 is 0 Å². The van der Waals surface area contributed by atoms with E-state index in [2.05, 4.69) is 5.32 Å². The molecule has 1 aromatic carbocycles. The molecular weight excluding hydrogens is 224 g/mol. The Morgan fingerprint density at radius 3 is 2.61 bits per heavy atom. The summed E-state index contributed by atoms with van der Waals surface area (Å²) in [4.78, 5) is 0. The average molecular weight is 248 g/mol. The highest BCUT2D eigenvalue weighted by Crippen LogP contribution is 2.20. The maximum absolute atomic E-state index is 5.91. The molecule has 0 bridgehead atoms. The minimum atomic E-state index is 0.155. The van der Waals surface area contributed by atoms with Crippen molar-refractivity contribution in [3.63, 3.8) is 0 Å². The predicted octanol–water partition coefficient (Wildman–Crippen LogP) is 2.17. The zero-order chi connectivity index (χ0) is 12.6. The van der Waals surface area contributed by atoms with Gasteiger partial charge in [0.05, 0.1) is 0 Å². The number of hydrogen-bond donors (Lipinski definition) is 2. The third kappa shape index (κ3) is 4.31. The lowest BCUT2D eigenvalue weighted by molar-refractivity contribution is 0.181. The minimum Gasteiger partial charge on any atom is -0.489 e. The fraction of sp³-hybridized carbons (Fsp3) is 0.600. The van der Waals surface area contributed by atoms with E-state index in [1.54, 1.807) is 0 Å². The highest BCUT2D eigenvalue weighted by Gasteiger charge is 2.16. The molecule has 3 N–H and O–H groups in total. The molecule has 0 aromatic heterocycles. The third-order valence-corrected chi connectivity index (χ3v) is 3.66. The summed E-state index contributed by atoms with van der Waals surface area (Å²) < 4.78 is 5.91. The maximum atomic E-state index is 5.91. The van der Waals surface area contributed by atoms with Crippen LogP contribution < -0.4 is 15.8 Å². The number of piperidine rings is 1. The molecule has 0 saturated carbocycles. The van der Waals surface area contributed by atoms with Gasteiger partial charge in [-0.1, -0.05) is 18.2 Å². The van der Waals surface area contributed by atoms with Crippen LogP contribution in [0.2, 0.25) is 0 Å². The zero-order valence-corrected chi connectivity index (χ0v) is 11.0. The summed E-state index contributed by atoms with van der Waals surface area (Å²) in [5.74, 6) is 1.78. The lowest BCUT2D eigenvalue weighted by Crippen LogP contribution is -2.31. The first-order chi connectivity index (χ1) is 8.88. The van der Waals surface area contributed by atoms with E-state index in [1.165, 1.54) is 19.3 Å². The normalized spacial score (nSPS) is 18.5. The van der Waals surface area contributed by atoms with Gasteiger partial charge in [0.1, 0.15) is 11.9 Å². The Labute approximate surface area is 110 Å². The third-order valence-electron chi connectivity index (χ3n) is 3.66. The summed E-state index contributed by atoms with van der Waals surface area (Å²) >= 11 is 0. The zero-order valence-electron chi connectivity index (χ0n) is 11.0. The molecule has 0 amide bonds. The molecule has 1 aliphatic rings. The van der Waals surface area contributed by atoms with Gasteiger partial charge in [-0.15, -0.1) is 0 Å². The highest BCUT2D eigenvalue weighted by molar-refractivity contribution is 5.21. The van der Waals surface area contributed by atoms with Crippen molar-refractivity contribution in [3.05, 3.63) is 30.3 Å². The molecule has 1 saturated heterocycles. The van der Waals surface area contributed by atoms with E-state index in [0.29, 0.717) is 6.54 Å². The molecule has 1 fully saturated rings. The van der Waals surface area contributed by atoms with Gasteiger partial charge in [0.15, 0.2) is 0 Å². The van der Waals surface area contributed by atoms with Gasteiger partial charge in [-0.3, -0.25) is 0 Å². The SMILES string of the molecule is NCC(CCC1CCNCC1)Oc1ccccc1. The topological polar surface area (TPSA) is 47.3 Å². The molecule has 100 valence electrons. The molecule has 1 aromatic rings. The average Bonchev–Trinajstić information content (AvgIpc) is 2.45. The van der Waals surface area contributed by atoms with Gasteiger partial charge in [0.25, 0.3) is 0 Å². The molecule has 1 aliphatic heterocycles. The van der Waals surface area contributed by atoms with Crippen LogP contribution in [0.4, 0.5) is 0 Å². The summed E-state index contributed by atoms with van der Waals surface area (Å²) in [6, 6.07) is 9.98. The summed E-state index contributed by atoms with van der Waals surface area (Å²) in [6.45, 7) is 2.93. The fourth-order valence-corrected chi connectivity index (χ4v) is 2.51. The van der Waals surface area contributed by atoms with Crippen molar-refractivity contribution in [2.45, 2.75) is 31.8 Å². The lowest BCUT2D eigenvalue weighted by Gasteiger charge is -2.25. The summed E-state index contributed by atoms with van der Waals surface area (Å²) in [6.07, 6.45) is 5.04. The van der Waals surface area contributed by atoms with E-state index in [4.69, 9.17) is 10.5 Å². The Hall–Kier alpha value is -1.06. The van der Waals surface area contributed by atoms with Crippen LogP contribution in [0.3, 0.4) is 0 Å². The number of benzene rings is 1. The van der Waals surface area contributed by atoms with Crippen LogP contribution in [0.15, 0.2) is 30.3 Å². The standard InChI is InChI=1S/C15H24N2O/c16-12-15(18-14-4-2-1-3-5-14)7-6-13-8-10-17-11-9-13/h1-5,13,15,17H,6-12,16H2. The van der Waals surface area contributed by atoms with Crippen molar-refractivity contribution in [1.82, 2.24) is 5.32 Å². The van der Waals surface area contributed by atoms with Gasteiger partial charge < -0.3 is 15.8 Å². The van der Waals surface area contributed by atoms with Gasteiger partial charge in [-0.2, -0.15) is 0 Å². The maximum Gasteiger partial charge on any atom is 0.119 e. The molecule has 3 nitrogen and oxygen atoms in total. The van der Waals surface area contributed by atoms with Crippen LogP contribution in [0.5, 0.6) is 5.75 Å². The van der Waals surface area contributed by atoms with Crippen LogP contribution in [0.1, 0.15) is 25.7 Å². The Morgan fingerprint density at radius 1 is 1.22 bits per heavy atom. The summed E-state index contributed by atoms with van der Waals surface area (Å²) in [7, 11) is 0. The van der Waals surface area contributed by atoms with Crippen molar-refractivity contribution in [2.24, 2.45) is 11.7 Å². The van der Waals surface area contributed by atoms with E-state index >= 15 is 0 Å². The van der Waals surface area contributed by atoms with Gasteiger partial charge >= 0.3 is 0 Å². The van der Waals surface area contributed by atoms with E-state index in [-0.39, 0.29) is 6.10 Å². The molecule has 1 unspecified atom stereocenters. The van der Waals surface area contributed by atoms with Gasteiger partial charge in [0.2, 0.25) is 0 Å². The van der Waals surface area contributed by atoms with Crippen LogP contribution in [0, 0.1) is 5.92 Å². The largest absolute Gasteiger partial charge is 0.489 e. The molecule has 3 heteroatoms. The Kier molecular flexibility index (Phi) is 5.49. The van der Waals surface area contributed by atoms with Crippen LogP contribution >= 0.6 is 0 Å². The molecule has 0 spiro atoms. The van der Waals surface area contributed by atoms with Crippen molar-refractivity contribution < 1.29 is 4.74 Å². The first-order valence-electron chi connectivity index (χ1n) is 7.01. The molecule has 2 rings (SSSR count). The predicted molar refractivity (Wildman–Crippen MR) is 74.7 cm³/mol. The lowest BCUT2D eigenvalue weighted by atomic mass is 9.92. The van der Waals surface area contributed by atoms with Crippen LogP contribution in [-0.2, 0) is 0 Å². The number of para-hydroxylation sites is 1. The second-order valence-electron chi connectivity index (χ2n) is 5.06. The number of nitrogens with one attached hydrogen (secondary N) is 1. The van der Waals surface area contributed by atoms with Gasteiger partial charge in [-0.05, 0) is 56.8 Å². The molecular formula is C15H24N2O. The van der Waals surface area contributed by atoms with E-state index in [0.717, 1.165) is 31.2 Å². The Bertz CT molecular complexity index is 323. The second kappa shape index (κ2) is 7.39. The quantitative estimate of drug-likeness (QED) is 0.811. The smallest absolute Gasteiger partial charge is 0.119 e. The number of ether oxygens (including phenoxy) is 1. The monoisotopic (exact) mass is 248 g/mol. The first kappa shape index (κ1) is 13.4. The van der Waals surface area contributed by atoms with E-state index in [9.17, 15) is 0 Å². The molecule has 1 atom stereocenters. The fourth-order valence-electron chi connectivity index (χ4n) is 2.51. The number of nitrogens with two attached hydrogens (primary N) is 1. The van der Waals surface area contributed by atoms with E-state index < -0.39 is 0 Å². The van der Waals surface area contributed by atoms with Crippen molar-refractivity contribution in [3.8, 4) is 5.75 Å². The van der Waals surface area contributed by atoms with E-state index in [1.807, 2.05) is 30.3 Å². The Balaban J connectivity index is 1.75. The summed E-state index contributed by atoms with van der Waals surface area (Å²) in [5, 5.41) is 3.40. The summed E-state index contributed by atoms with van der Waals surface area (Å²) in [5.41, 5.74) is 5.80. The highest BCUT2D eigenvalue weighted by atomic mass is 16.5.